The fourth-order valence-corrected chi connectivity index (χ4v) is 3.66. The molecule has 1 saturated heterocycles. The van der Waals surface area contributed by atoms with E-state index in [0.717, 1.165) is 24.0 Å². The van der Waals surface area contributed by atoms with E-state index in [4.69, 9.17) is 9.26 Å². The molecule has 1 fully saturated rings. The lowest BCUT2D eigenvalue weighted by Gasteiger charge is -2.31. The maximum Gasteiger partial charge on any atom is 0.257 e. The summed E-state index contributed by atoms with van der Waals surface area (Å²) in [7, 11) is 1.58. The first kappa shape index (κ1) is 18.2. The van der Waals surface area contributed by atoms with Crippen molar-refractivity contribution in [2.45, 2.75) is 25.7 Å². The van der Waals surface area contributed by atoms with Gasteiger partial charge in [-0.3, -0.25) is 4.79 Å². The molecule has 0 aliphatic carbocycles. The van der Waals surface area contributed by atoms with Crippen LogP contribution in [0.5, 0.6) is 5.75 Å². The summed E-state index contributed by atoms with van der Waals surface area (Å²) in [6.45, 7) is 3.31. The third-order valence-corrected chi connectivity index (χ3v) is 5.11. The zero-order valence-corrected chi connectivity index (χ0v) is 16.1. The van der Waals surface area contributed by atoms with E-state index in [1.807, 2.05) is 48.2 Å². The fourth-order valence-electron chi connectivity index (χ4n) is 3.66. The van der Waals surface area contributed by atoms with E-state index in [0.29, 0.717) is 36.1 Å². The Labute approximate surface area is 164 Å². The quantitative estimate of drug-likeness (QED) is 0.685. The van der Waals surface area contributed by atoms with Gasteiger partial charge in [0.05, 0.1) is 18.6 Å². The molecule has 6 nitrogen and oxygen atoms in total. The molecule has 0 spiro atoms. The van der Waals surface area contributed by atoms with Gasteiger partial charge in [-0.05, 0) is 38.0 Å². The molecule has 144 valence electrons. The molecular weight excluding hydrogens is 354 g/mol. The number of nitrogens with zero attached hydrogens (tertiary/aromatic N) is 3. The van der Waals surface area contributed by atoms with Crippen molar-refractivity contribution < 1.29 is 14.1 Å². The molecule has 2 heterocycles. The molecule has 3 aromatic rings. The summed E-state index contributed by atoms with van der Waals surface area (Å²) < 4.78 is 10.9. The van der Waals surface area contributed by atoms with Crippen molar-refractivity contribution in [2.24, 2.45) is 0 Å². The minimum atomic E-state index is -0.0272. The molecule has 1 amide bonds. The molecule has 1 atom stereocenters. The fraction of sp³-hybridized carbons (Fsp3) is 0.318. The third kappa shape index (κ3) is 3.63. The van der Waals surface area contributed by atoms with Gasteiger partial charge in [0.2, 0.25) is 11.7 Å². The molecular formula is C22H23N3O3. The lowest BCUT2D eigenvalue weighted by Crippen LogP contribution is -2.39. The Morgan fingerprint density at radius 1 is 1.21 bits per heavy atom. The molecule has 2 aromatic carbocycles. The Bertz CT molecular complexity index is 982. The minimum absolute atomic E-state index is 0.0272. The number of methoxy groups -OCH3 is 1. The van der Waals surface area contributed by atoms with Crippen LogP contribution in [-0.4, -0.2) is 41.1 Å². The van der Waals surface area contributed by atoms with Gasteiger partial charge in [0.15, 0.2) is 0 Å². The van der Waals surface area contributed by atoms with Crippen molar-refractivity contribution in [1.29, 1.82) is 0 Å². The van der Waals surface area contributed by atoms with Gasteiger partial charge in [0.1, 0.15) is 5.75 Å². The Hall–Kier alpha value is -3.15. The first-order valence-corrected chi connectivity index (χ1v) is 9.48. The van der Waals surface area contributed by atoms with Crippen molar-refractivity contribution in [3.8, 4) is 17.1 Å². The summed E-state index contributed by atoms with van der Waals surface area (Å²) in [5.74, 6) is 1.79. The smallest absolute Gasteiger partial charge is 0.257 e. The van der Waals surface area contributed by atoms with E-state index in [1.165, 1.54) is 0 Å². The normalized spacial score (nSPS) is 16.8. The third-order valence-electron chi connectivity index (χ3n) is 5.11. The van der Waals surface area contributed by atoms with Crippen LogP contribution in [-0.2, 0) is 0 Å². The van der Waals surface area contributed by atoms with E-state index < -0.39 is 0 Å². The van der Waals surface area contributed by atoms with Crippen LogP contribution in [0.1, 0.15) is 40.6 Å². The summed E-state index contributed by atoms with van der Waals surface area (Å²) in [4.78, 5) is 19.5. The van der Waals surface area contributed by atoms with Crippen LogP contribution in [0, 0.1) is 6.92 Å². The zero-order chi connectivity index (χ0) is 19.5. The average Bonchev–Trinajstić information content (AvgIpc) is 3.24. The van der Waals surface area contributed by atoms with Crippen molar-refractivity contribution in [3.05, 3.63) is 65.5 Å². The lowest BCUT2D eigenvalue weighted by atomic mass is 9.97. The monoisotopic (exact) mass is 377 g/mol. The van der Waals surface area contributed by atoms with Gasteiger partial charge in [-0.2, -0.15) is 4.98 Å². The highest BCUT2D eigenvalue weighted by Crippen LogP contribution is 2.29. The van der Waals surface area contributed by atoms with Gasteiger partial charge in [-0.15, -0.1) is 0 Å². The number of ether oxygens (including phenoxy) is 1. The predicted molar refractivity (Wildman–Crippen MR) is 105 cm³/mol. The Morgan fingerprint density at radius 3 is 2.89 bits per heavy atom. The first-order chi connectivity index (χ1) is 13.7. The minimum Gasteiger partial charge on any atom is -0.496 e. The number of hydrogen-bond acceptors (Lipinski definition) is 5. The largest absolute Gasteiger partial charge is 0.496 e. The van der Waals surface area contributed by atoms with Crippen molar-refractivity contribution in [3.63, 3.8) is 0 Å². The molecule has 0 radical (unpaired) electrons. The summed E-state index contributed by atoms with van der Waals surface area (Å²) in [5.41, 5.74) is 2.67. The van der Waals surface area contributed by atoms with Gasteiger partial charge in [0, 0.05) is 18.7 Å². The van der Waals surface area contributed by atoms with Crippen LogP contribution in [0.25, 0.3) is 11.4 Å². The Balaban J connectivity index is 1.52. The second-order valence-electron chi connectivity index (χ2n) is 7.12. The highest BCUT2D eigenvalue weighted by atomic mass is 16.5. The van der Waals surface area contributed by atoms with Crippen LogP contribution in [0.3, 0.4) is 0 Å². The number of rotatable bonds is 4. The number of carbonyl (C=O) groups is 1. The van der Waals surface area contributed by atoms with Crippen LogP contribution in [0.15, 0.2) is 53.1 Å². The van der Waals surface area contributed by atoms with Crippen LogP contribution in [0.2, 0.25) is 0 Å². The zero-order valence-electron chi connectivity index (χ0n) is 16.1. The van der Waals surface area contributed by atoms with Crippen molar-refractivity contribution in [2.75, 3.05) is 20.2 Å². The number of amides is 1. The average molecular weight is 377 g/mol. The van der Waals surface area contributed by atoms with E-state index in [2.05, 4.69) is 10.1 Å². The lowest BCUT2D eigenvalue weighted by molar-refractivity contribution is 0.0692. The number of aryl methyl sites for hydroxylation is 1. The predicted octanol–water partition coefficient (Wildman–Crippen LogP) is 4.07. The van der Waals surface area contributed by atoms with Gasteiger partial charge in [0.25, 0.3) is 5.91 Å². The summed E-state index contributed by atoms with van der Waals surface area (Å²) in [6.07, 6.45) is 1.82. The highest BCUT2D eigenvalue weighted by molar-refractivity contribution is 5.97. The molecule has 1 unspecified atom stereocenters. The molecule has 4 rings (SSSR count). The molecule has 1 aromatic heterocycles. The van der Waals surface area contributed by atoms with Crippen molar-refractivity contribution >= 4 is 5.91 Å². The molecule has 0 saturated carbocycles. The number of likely N-dealkylation sites (tertiary alicyclic amines) is 1. The Morgan fingerprint density at radius 2 is 2.07 bits per heavy atom. The van der Waals surface area contributed by atoms with Crippen LogP contribution in [0.4, 0.5) is 0 Å². The van der Waals surface area contributed by atoms with Gasteiger partial charge in [-0.25, -0.2) is 0 Å². The summed E-state index contributed by atoms with van der Waals surface area (Å²) in [6, 6.07) is 15.3. The number of aromatic nitrogens is 2. The van der Waals surface area contributed by atoms with Crippen molar-refractivity contribution in [1.82, 2.24) is 15.0 Å². The van der Waals surface area contributed by atoms with E-state index in [9.17, 15) is 4.79 Å². The van der Waals surface area contributed by atoms with Crippen LogP contribution >= 0.6 is 0 Å². The van der Waals surface area contributed by atoms with E-state index in [-0.39, 0.29) is 11.8 Å². The van der Waals surface area contributed by atoms with Crippen LogP contribution < -0.4 is 4.74 Å². The molecule has 1 aliphatic rings. The van der Waals surface area contributed by atoms with E-state index >= 15 is 0 Å². The topological polar surface area (TPSA) is 68.5 Å². The number of piperidine rings is 1. The SMILES string of the molecule is COc1ccccc1C(=O)N1CCCC(c2nc(-c3cccc(C)c3)no2)C1. The molecule has 1 aliphatic heterocycles. The maximum atomic E-state index is 13.0. The first-order valence-electron chi connectivity index (χ1n) is 9.48. The Kier molecular flexibility index (Phi) is 5.10. The molecule has 0 N–H and O–H groups in total. The standard InChI is InChI=1S/C22H23N3O3/c1-15-7-5-8-16(13-15)20-23-21(28-24-20)17-9-6-12-25(14-17)22(26)18-10-3-4-11-19(18)27-2/h3-5,7-8,10-11,13,17H,6,9,12,14H2,1-2H3. The summed E-state index contributed by atoms with van der Waals surface area (Å²) >= 11 is 0. The molecule has 0 bridgehead atoms. The van der Waals surface area contributed by atoms with Gasteiger partial charge < -0.3 is 14.2 Å². The number of hydrogen-bond donors (Lipinski definition) is 0. The highest BCUT2D eigenvalue weighted by Gasteiger charge is 2.30. The second-order valence-corrected chi connectivity index (χ2v) is 7.12. The maximum absolute atomic E-state index is 13.0. The summed E-state index contributed by atoms with van der Waals surface area (Å²) in [5, 5.41) is 4.15. The number of benzene rings is 2. The van der Waals surface area contributed by atoms with Gasteiger partial charge >= 0.3 is 0 Å². The van der Waals surface area contributed by atoms with E-state index in [1.54, 1.807) is 19.2 Å². The second kappa shape index (κ2) is 7.84. The molecule has 28 heavy (non-hydrogen) atoms. The molecule has 6 heteroatoms. The number of para-hydroxylation sites is 1. The van der Waals surface area contributed by atoms with Gasteiger partial charge in [-0.1, -0.05) is 41.1 Å². The number of carbonyl (C=O) groups excluding carboxylic acids is 1.